The van der Waals surface area contributed by atoms with E-state index in [1.165, 1.54) is 6.92 Å². The molecule has 0 aliphatic heterocycles. The van der Waals surface area contributed by atoms with Crippen molar-refractivity contribution >= 4 is 39.7 Å². The average Bonchev–Trinajstić information content (AvgIpc) is 2.07. The molecule has 0 aromatic carbocycles. The summed E-state index contributed by atoms with van der Waals surface area (Å²) in [6.07, 6.45) is 0.558. The molecule has 92 valence electrons. The summed E-state index contributed by atoms with van der Waals surface area (Å²) >= 11 is 0. The molecule has 0 aromatic heterocycles. The minimum absolute atomic E-state index is 0. The molecule has 2 N–H and O–H groups in total. The fourth-order valence-electron chi connectivity index (χ4n) is 2.20. The summed E-state index contributed by atoms with van der Waals surface area (Å²) in [7, 11) is -4.17. The maximum atomic E-state index is 11.2. The standard InChI is InChI=1S/C10H20O4S.Na.H/c1-7(2)8-4-5-10(3,9(11)6-8)15(12,13)14;;/h7-9,11H,4-6H2,1-3H3,(H,12,13,14);;. The van der Waals surface area contributed by atoms with Gasteiger partial charge in [0.2, 0.25) is 0 Å². The molecule has 0 amide bonds. The Labute approximate surface area is 120 Å². The van der Waals surface area contributed by atoms with Crippen LogP contribution in [0, 0.1) is 11.8 Å². The first-order chi connectivity index (χ1) is 6.68. The first-order valence-electron chi connectivity index (χ1n) is 5.33. The predicted octanol–water partition coefficient (Wildman–Crippen LogP) is 0.801. The van der Waals surface area contributed by atoms with Crippen molar-refractivity contribution in [2.45, 2.75) is 50.9 Å². The quantitative estimate of drug-likeness (QED) is 0.569. The van der Waals surface area contributed by atoms with Gasteiger partial charge in [0.05, 0.1) is 6.10 Å². The molecule has 0 radical (unpaired) electrons. The molecule has 1 aliphatic carbocycles. The topological polar surface area (TPSA) is 74.6 Å². The molecular weight excluding hydrogens is 239 g/mol. The summed E-state index contributed by atoms with van der Waals surface area (Å²) in [6, 6.07) is 0. The molecule has 0 bridgehead atoms. The van der Waals surface area contributed by atoms with Crippen LogP contribution in [0.3, 0.4) is 0 Å². The van der Waals surface area contributed by atoms with E-state index in [0.717, 1.165) is 6.42 Å². The number of aliphatic hydroxyl groups excluding tert-OH is 1. The van der Waals surface area contributed by atoms with Crippen LogP contribution in [0.25, 0.3) is 0 Å². The van der Waals surface area contributed by atoms with Crippen molar-refractivity contribution in [1.29, 1.82) is 0 Å². The third kappa shape index (κ3) is 3.21. The summed E-state index contributed by atoms with van der Waals surface area (Å²) in [4.78, 5) is 0. The van der Waals surface area contributed by atoms with Gasteiger partial charge in [0.1, 0.15) is 4.75 Å². The molecule has 16 heavy (non-hydrogen) atoms. The molecule has 3 atom stereocenters. The summed E-state index contributed by atoms with van der Waals surface area (Å²) in [5.41, 5.74) is 0. The molecule has 0 spiro atoms. The Balaban J connectivity index is 0.00000225. The Morgan fingerprint density at radius 1 is 1.38 bits per heavy atom. The van der Waals surface area contributed by atoms with Gasteiger partial charge in [-0.2, -0.15) is 8.42 Å². The van der Waals surface area contributed by atoms with Gasteiger partial charge in [-0.3, -0.25) is 4.55 Å². The first-order valence-corrected chi connectivity index (χ1v) is 6.77. The van der Waals surface area contributed by atoms with E-state index in [9.17, 15) is 13.5 Å². The molecule has 1 fully saturated rings. The monoisotopic (exact) mass is 260 g/mol. The van der Waals surface area contributed by atoms with Gasteiger partial charge in [0, 0.05) is 0 Å². The van der Waals surface area contributed by atoms with E-state index in [4.69, 9.17) is 4.55 Å². The van der Waals surface area contributed by atoms with E-state index in [0.29, 0.717) is 24.7 Å². The van der Waals surface area contributed by atoms with Crippen molar-refractivity contribution in [2.24, 2.45) is 11.8 Å². The predicted molar refractivity (Wildman–Crippen MR) is 65.3 cm³/mol. The van der Waals surface area contributed by atoms with Gasteiger partial charge in [0.25, 0.3) is 10.1 Å². The van der Waals surface area contributed by atoms with E-state index >= 15 is 0 Å². The Morgan fingerprint density at radius 2 is 1.88 bits per heavy atom. The van der Waals surface area contributed by atoms with Gasteiger partial charge in [-0.1, -0.05) is 13.8 Å². The van der Waals surface area contributed by atoms with Crippen LogP contribution in [-0.4, -0.2) is 58.5 Å². The van der Waals surface area contributed by atoms with Crippen LogP contribution >= 0.6 is 0 Å². The normalized spacial score (nSPS) is 35.9. The Bertz CT molecular complexity index is 328. The maximum absolute atomic E-state index is 11.2. The zero-order valence-electron chi connectivity index (χ0n) is 9.47. The second kappa shape index (κ2) is 5.67. The van der Waals surface area contributed by atoms with Gasteiger partial charge in [0.15, 0.2) is 0 Å². The van der Waals surface area contributed by atoms with E-state index < -0.39 is 21.0 Å². The number of hydrogen-bond donors (Lipinski definition) is 2. The second-order valence-corrected chi connectivity index (χ2v) is 6.96. The van der Waals surface area contributed by atoms with Crippen molar-refractivity contribution in [1.82, 2.24) is 0 Å². The molecular formula is C10H21NaO4S. The van der Waals surface area contributed by atoms with Crippen molar-refractivity contribution in [3.05, 3.63) is 0 Å². The molecule has 4 nitrogen and oxygen atoms in total. The Morgan fingerprint density at radius 3 is 2.19 bits per heavy atom. The molecule has 1 aliphatic rings. The van der Waals surface area contributed by atoms with Gasteiger partial charge in [-0.05, 0) is 38.0 Å². The Hall–Kier alpha value is 0.870. The third-order valence-electron chi connectivity index (χ3n) is 3.77. The molecule has 1 saturated carbocycles. The summed E-state index contributed by atoms with van der Waals surface area (Å²) in [5.74, 6) is 0.778. The summed E-state index contributed by atoms with van der Waals surface area (Å²) < 4.78 is 30.1. The van der Waals surface area contributed by atoms with Gasteiger partial charge in [-0.15, -0.1) is 0 Å². The molecule has 3 unspecified atom stereocenters. The van der Waals surface area contributed by atoms with E-state index in [-0.39, 0.29) is 29.6 Å². The van der Waals surface area contributed by atoms with Crippen molar-refractivity contribution < 1.29 is 18.1 Å². The molecule has 0 saturated heterocycles. The van der Waals surface area contributed by atoms with Crippen LogP contribution < -0.4 is 0 Å². The summed E-state index contributed by atoms with van der Waals surface area (Å²) in [6.45, 7) is 5.55. The van der Waals surface area contributed by atoms with E-state index in [2.05, 4.69) is 13.8 Å². The van der Waals surface area contributed by atoms with Crippen LogP contribution in [0.5, 0.6) is 0 Å². The average molecular weight is 260 g/mol. The molecule has 0 aromatic rings. The SMILES string of the molecule is CC(C)C1CCC(C)(S(=O)(=O)O)C(O)C1.[NaH]. The Kier molecular flexibility index (Phi) is 5.98. The van der Waals surface area contributed by atoms with Crippen molar-refractivity contribution in [3.63, 3.8) is 0 Å². The van der Waals surface area contributed by atoms with E-state index in [1.807, 2.05) is 0 Å². The van der Waals surface area contributed by atoms with Crippen LogP contribution in [0.4, 0.5) is 0 Å². The summed E-state index contributed by atoms with van der Waals surface area (Å²) in [5, 5.41) is 9.84. The minimum atomic E-state index is -4.17. The van der Waals surface area contributed by atoms with Crippen LogP contribution in [0.2, 0.25) is 0 Å². The second-order valence-electron chi connectivity index (χ2n) is 5.08. The van der Waals surface area contributed by atoms with Crippen LogP contribution in [0.1, 0.15) is 40.0 Å². The van der Waals surface area contributed by atoms with Crippen LogP contribution in [-0.2, 0) is 10.1 Å². The fraction of sp³-hybridized carbons (Fsp3) is 1.00. The number of rotatable bonds is 2. The number of hydrogen-bond acceptors (Lipinski definition) is 3. The van der Waals surface area contributed by atoms with Crippen LogP contribution in [0.15, 0.2) is 0 Å². The van der Waals surface area contributed by atoms with Gasteiger partial charge >= 0.3 is 29.6 Å². The molecule has 1 rings (SSSR count). The molecule has 0 heterocycles. The number of aliphatic hydroxyl groups is 1. The van der Waals surface area contributed by atoms with E-state index in [1.54, 1.807) is 0 Å². The third-order valence-corrected chi connectivity index (χ3v) is 5.43. The zero-order chi connectivity index (χ0) is 11.9. The first kappa shape index (κ1) is 16.9. The van der Waals surface area contributed by atoms with Crippen molar-refractivity contribution in [3.8, 4) is 0 Å². The van der Waals surface area contributed by atoms with Gasteiger partial charge in [-0.25, -0.2) is 0 Å². The molecule has 6 heteroatoms. The van der Waals surface area contributed by atoms with Gasteiger partial charge < -0.3 is 5.11 Å². The van der Waals surface area contributed by atoms with Crippen molar-refractivity contribution in [2.75, 3.05) is 0 Å². The fourth-order valence-corrected chi connectivity index (χ4v) is 3.01. The zero-order valence-corrected chi connectivity index (χ0v) is 10.3.